The van der Waals surface area contributed by atoms with Crippen molar-refractivity contribution >= 4 is 23.6 Å². The van der Waals surface area contributed by atoms with Crippen LogP contribution in [0.15, 0.2) is 52.1 Å². The van der Waals surface area contributed by atoms with Crippen LogP contribution in [0.25, 0.3) is 11.5 Å². The number of hydrogen-bond donors (Lipinski definition) is 1. The molecular weight excluding hydrogens is 426 g/mol. The predicted molar refractivity (Wildman–Crippen MR) is 106 cm³/mol. The summed E-state index contributed by atoms with van der Waals surface area (Å²) in [5.74, 6) is 1.37. The monoisotopic (exact) mass is 441 g/mol. The van der Waals surface area contributed by atoms with Crippen molar-refractivity contribution in [1.82, 2.24) is 15.5 Å². The fourth-order valence-electron chi connectivity index (χ4n) is 2.94. The molecule has 10 nitrogen and oxygen atoms in total. The number of rotatable bonds is 5. The molecule has 0 saturated carbocycles. The van der Waals surface area contributed by atoms with Crippen LogP contribution in [-0.4, -0.2) is 47.3 Å². The molecule has 2 amide bonds. The third-order valence-corrected chi connectivity index (χ3v) is 5.23. The van der Waals surface area contributed by atoms with Gasteiger partial charge in [0.05, 0.1) is 5.75 Å². The smallest absolute Gasteiger partial charge is 0.277 e. The molecule has 3 aromatic rings. The van der Waals surface area contributed by atoms with E-state index in [2.05, 4.69) is 15.5 Å². The Hall–Kier alpha value is -3.73. The van der Waals surface area contributed by atoms with E-state index in [1.165, 1.54) is 0 Å². The summed E-state index contributed by atoms with van der Waals surface area (Å²) in [4.78, 5) is 24.4. The van der Waals surface area contributed by atoms with E-state index in [-0.39, 0.29) is 30.3 Å². The summed E-state index contributed by atoms with van der Waals surface area (Å²) in [6, 6.07) is 12.3. The second kappa shape index (κ2) is 8.19. The summed E-state index contributed by atoms with van der Waals surface area (Å²) in [6.45, 7) is 0.188. The third-order valence-electron chi connectivity index (χ3n) is 4.42. The van der Waals surface area contributed by atoms with Crippen molar-refractivity contribution in [3.8, 4) is 34.5 Å². The highest BCUT2D eigenvalue weighted by Gasteiger charge is 2.28. The zero-order chi connectivity index (χ0) is 21.2. The van der Waals surface area contributed by atoms with Crippen molar-refractivity contribution in [3.05, 3.63) is 42.5 Å². The molecule has 11 heteroatoms. The Bertz CT molecular complexity index is 1150. The third kappa shape index (κ3) is 4.12. The number of fused-ring (bicyclic) bond motifs is 2. The standard InChI is InChI=1S/C20H15N3O7S/c24-17(21-18(25)16-8-26-12-3-1-2-4-14(12)29-16)9-31-20-23-22-19(30-20)11-5-6-13-15(7-11)28-10-27-13/h1-7,16H,8-10H2,(H,21,24,25). The average molecular weight is 441 g/mol. The second-order valence-corrected chi connectivity index (χ2v) is 7.43. The normalized spacial score (nSPS) is 16.1. The molecule has 2 aromatic carbocycles. The summed E-state index contributed by atoms with van der Waals surface area (Å²) < 4.78 is 27.3. The number of ether oxygens (including phenoxy) is 4. The van der Waals surface area contributed by atoms with Gasteiger partial charge in [0.25, 0.3) is 11.1 Å². The van der Waals surface area contributed by atoms with E-state index in [1.807, 2.05) is 0 Å². The van der Waals surface area contributed by atoms with E-state index >= 15 is 0 Å². The number of hydrogen-bond acceptors (Lipinski definition) is 10. The van der Waals surface area contributed by atoms with Gasteiger partial charge in [0, 0.05) is 5.56 Å². The molecule has 0 fully saturated rings. The molecule has 0 bridgehead atoms. The van der Waals surface area contributed by atoms with Crippen LogP contribution >= 0.6 is 11.8 Å². The Morgan fingerprint density at radius 3 is 2.71 bits per heavy atom. The molecule has 158 valence electrons. The number of nitrogens with one attached hydrogen (secondary N) is 1. The number of thioether (sulfide) groups is 1. The lowest BCUT2D eigenvalue weighted by molar-refractivity contribution is -0.135. The van der Waals surface area contributed by atoms with Crippen LogP contribution in [0.3, 0.4) is 0 Å². The van der Waals surface area contributed by atoms with Gasteiger partial charge in [0.1, 0.15) is 6.61 Å². The number of aromatic nitrogens is 2. The first-order chi connectivity index (χ1) is 15.2. The summed E-state index contributed by atoms with van der Waals surface area (Å²) in [5, 5.41) is 10.4. The van der Waals surface area contributed by atoms with E-state index < -0.39 is 17.9 Å². The summed E-state index contributed by atoms with van der Waals surface area (Å²) in [5.41, 5.74) is 0.665. The highest BCUT2D eigenvalue weighted by Crippen LogP contribution is 2.36. The number of nitrogens with zero attached hydrogens (tertiary/aromatic N) is 2. The molecule has 0 aliphatic carbocycles. The first kappa shape index (κ1) is 19.2. The lowest BCUT2D eigenvalue weighted by atomic mass is 10.2. The van der Waals surface area contributed by atoms with Crippen molar-refractivity contribution < 1.29 is 33.0 Å². The van der Waals surface area contributed by atoms with Crippen molar-refractivity contribution in [1.29, 1.82) is 0 Å². The van der Waals surface area contributed by atoms with Crippen LogP contribution in [-0.2, 0) is 9.59 Å². The number of benzene rings is 2. The fourth-order valence-corrected chi connectivity index (χ4v) is 3.51. The number of carbonyl (C=O) groups is 2. The van der Waals surface area contributed by atoms with E-state index in [0.717, 1.165) is 11.8 Å². The molecule has 0 spiro atoms. The molecule has 0 radical (unpaired) electrons. The van der Waals surface area contributed by atoms with Crippen LogP contribution in [0, 0.1) is 0 Å². The minimum absolute atomic E-state index is 0.0197. The second-order valence-electron chi connectivity index (χ2n) is 6.51. The van der Waals surface area contributed by atoms with Gasteiger partial charge in [0.15, 0.2) is 23.0 Å². The Balaban J connectivity index is 1.14. The molecule has 1 unspecified atom stereocenters. The molecule has 31 heavy (non-hydrogen) atoms. The maximum absolute atomic E-state index is 12.3. The molecule has 1 atom stereocenters. The van der Waals surface area contributed by atoms with Crippen molar-refractivity contribution in [2.45, 2.75) is 11.3 Å². The van der Waals surface area contributed by atoms with Gasteiger partial charge in [-0.25, -0.2) is 0 Å². The van der Waals surface area contributed by atoms with Crippen LogP contribution in [0.5, 0.6) is 23.0 Å². The van der Waals surface area contributed by atoms with E-state index in [0.29, 0.717) is 28.6 Å². The summed E-state index contributed by atoms with van der Waals surface area (Å²) in [7, 11) is 0. The van der Waals surface area contributed by atoms with Gasteiger partial charge in [-0.1, -0.05) is 23.9 Å². The van der Waals surface area contributed by atoms with Crippen LogP contribution < -0.4 is 24.3 Å². The zero-order valence-corrected chi connectivity index (χ0v) is 16.7. The number of para-hydroxylation sites is 2. The predicted octanol–water partition coefficient (Wildman–Crippen LogP) is 2.04. The molecule has 1 N–H and O–H groups in total. The van der Waals surface area contributed by atoms with E-state index in [4.69, 9.17) is 23.4 Å². The van der Waals surface area contributed by atoms with Gasteiger partial charge in [-0.3, -0.25) is 14.9 Å². The Morgan fingerprint density at radius 1 is 1.00 bits per heavy atom. The Labute approximate surface area is 179 Å². The van der Waals surface area contributed by atoms with Crippen LogP contribution in [0.4, 0.5) is 0 Å². The summed E-state index contributed by atoms with van der Waals surface area (Å²) in [6.07, 6.45) is -0.912. The number of amides is 2. The lowest BCUT2D eigenvalue weighted by Crippen LogP contribution is -2.46. The highest BCUT2D eigenvalue weighted by molar-refractivity contribution is 7.99. The molecule has 2 aliphatic heterocycles. The van der Waals surface area contributed by atoms with Gasteiger partial charge in [-0.05, 0) is 30.3 Å². The van der Waals surface area contributed by atoms with Gasteiger partial charge < -0.3 is 23.4 Å². The number of imide groups is 1. The molecule has 1 aromatic heterocycles. The van der Waals surface area contributed by atoms with Gasteiger partial charge in [0.2, 0.25) is 24.7 Å². The Kier molecular flexibility index (Phi) is 5.08. The minimum Gasteiger partial charge on any atom is -0.485 e. The molecule has 2 aliphatic rings. The van der Waals surface area contributed by atoms with Crippen molar-refractivity contribution in [2.75, 3.05) is 19.2 Å². The van der Waals surface area contributed by atoms with E-state index in [9.17, 15) is 9.59 Å². The fraction of sp³-hybridized carbons (Fsp3) is 0.200. The van der Waals surface area contributed by atoms with Gasteiger partial charge in [-0.15, -0.1) is 10.2 Å². The highest BCUT2D eigenvalue weighted by atomic mass is 32.2. The first-order valence-electron chi connectivity index (χ1n) is 9.24. The van der Waals surface area contributed by atoms with Crippen molar-refractivity contribution in [3.63, 3.8) is 0 Å². The van der Waals surface area contributed by atoms with Crippen LogP contribution in [0.2, 0.25) is 0 Å². The molecule has 5 rings (SSSR count). The SMILES string of the molecule is O=C(CSc1nnc(-c2ccc3c(c2)OCO3)o1)NC(=O)C1COc2ccccc2O1. The summed E-state index contributed by atoms with van der Waals surface area (Å²) >= 11 is 1.01. The van der Waals surface area contributed by atoms with Crippen molar-refractivity contribution in [2.24, 2.45) is 0 Å². The zero-order valence-electron chi connectivity index (χ0n) is 15.9. The average Bonchev–Trinajstić information content (AvgIpc) is 3.46. The van der Waals surface area contributed by atoms with Gasteiger partial charge in [-0.2, -0.15) is 0 Å². The first-order valence-corrected chi connectivity index (χ1v) is 10.2. The topological polar surface area (TPSA) is 122 Å². The molecular formula is C20H15N3O7S. The maximum Gasteiger partial charge on any atom is 0.277 e. The number of carbonyl (C=O) groups excluding carboxylic acids is 2. The minimum atomic E-state index is -0.912. The van der Waals surface area contributed by atoms with E-state index in [1.54, 1.807) is 42.5 Å². The molecule has 0 saturated heterocycles. The lowest BCUT2D eigenvalue weighted by Gasteiger charge is -2.25. The van der Waals surface area contributed by atoms with Crippen LogP contribution in [0.1, 0.15) is 0 Å². The van der Waals surface area contributed by atoms with Gasteiger partial charge >= 0.3 is 0 Å². The quantitative estimate of drug-likeness (QED) is 0.589. The maximum atomic E-state index is 12.3. The Morgan fingerprint density at radius 2 is 1.81 bits per heavy atom. The molecule has 3 heterocycles. The largest absolute Gasteiger partial charge is 0.485 e.